The Labute approximate surface area is 201 Å². The van der Waals surface area contributed by atoms with Crippen molar-refractivity contribution in [3.8, 4) is 0 Å². The average Bonchev–Trinajstić information content (AvgIpc) is 2.76. The van der Waals surface area contributed by atoms with E-state index in [0.717, 1.165) is 34.9 Å². The third kappa shape index (κ3) is 8.31. The van der Waals surface area contributed by atoms with Gasteiger partial charge in [0.15, 0.2) is 0 Å². The Morgan fingerprint density at radius 1 is 0.839 bits per heavy atom. The van der Waals surface area contributed by atoms with Crippen LogP contribution in [0.25, 0.3) is 0 Å². The Bertz CT molecular complexity index is 822. The molecule has 2 aliphatic rings. The number of ether oxygens (including phenoxy) is 2. The van der Waals surface area contributed by atoms with E-state index >= 15 is 0 Å². The lowest BCUT2D eigenvalue weighted by Gasteiger charge is -2.28. The summed E-state index contributed by atoms with van der Waals surface area (Å²) in [7, 11) is 0. The van der Waals surface area contributed by atoms with Gasteiger partial charge < -0.3 is 20.1 Å². The number of hydrogen-bond donors (Lipinski definition) is 2. The quantitative estimate of drug-likeness (QED) is 0.594. The molecular formula is C24H30Br2N2O3. The summed E-state index contributed by atoms with van der Waals surface area (Å²) in [6.45, 7) is 6.23. The van der Waals surface area contributed by atoms with Gasteiger partial charge >= 0.3 is 0 Å². The minimum atomic E-state index is -0.318. The molecule has 2 saturated heterocycles. The van der Waals surface area contributed by atoms with E-state index in [1.54, 1.807) is 6.92 Å². The zero-order valence-corrected chi connectivity index (χ0v) is 21.1. The summed E-state index contributed by atoms with van der Waals surface area (Å²) in [5.41, 5.74) is 2.56. The van der Waals surface area contributed by atoms with Gasteiger partial charge in [-0.05, 0) is 62.1 Å². The molecular weight excluding hydrogens is 524 g/mol. The van der Waals surface area contributed by atoms with Crippen LogP contribution in [0.2, 0.25) is 0 Å². The zero-order valence-electron chi connectivity index (χ0n) is 17.9. The molecule has 168 valence electrons. The number of nitrogens with one attached hydrogen (secondary N) is 2. The molecule has 0 spiro atoms. The molecule has 0 unspecified atom stereocenters. The van der Waals surface area contributed by atoms with Gasteiger partial charge in [0, 0.05) is 21.5 Å². The van der Waals surface area contributed by atoms with Gasteiger partial charge in [-0.15, -0.1) is 0 Å². The third-order valence-electron chi connectivity index (χ3n) is 5.33. The van der Waals surface area contributed by atoms with Crippen LogP contribution in [0.4, 0.5) is 0 Å². The standard InChI is InChI=1S/C12H14BrNO2.C12H16BrNO/c1-8-12(15)14-11(7-16-8)6-9-2-4-10(13)5-3-9;1-9-7-14-12(8-15-9)6-10-2-4-11(13)5-3-10/h2-5,8,11H,6-7H2,1H3,(H,14,15);2-5,9,12,14H,6-8H2,1H3/t8-,11-;9-,12-/m00/s1. The van der Waals surface area contributed by atoms with E-state index in [-0.39, 0.29) is 18.1 Å². The number of carbonyl (C=O) groups excluding carboxylic acids is 1. The minimum absolute atomic E-state index is 0.0200. The van der Waals surface area contributed by atoms with E-state index in [1.165, 1.54) is 11.1 Å². The predicted molar refractivity (Wildman–Crippen MR) is 130 cm³/mol. The van der Waals surface area contributed by atoms with Gasteiger partial charge in [0.25, 0.3) is 0 Å². The third-order valence-corrected chi connectivity index (χ3v) is 6.39. The summed E-state index contributed by atoms with van der Waals surface area (Å²) >= 11 is 6.83. The van der Waals surface area contributed by atoms with Crippen LogP contribution in [0.5, 0.6) is 0 Å². The molecule has 2 aromatic carbocycles. The first-order valence-electron chi connectivity index (χ1n) is 10.6. The number of morpholine rings is 2. The molecule has 0 radical (unpaired) electrons. The number of halogens is 2. The second-order valence-electron chi connectivity index (χ2n) is 8.09. The maximum atomic E-state index is 11.4. The van der Waals surface area contributed by atoms with E-state index in [1.807, 2.05) is 24.3 Å². The van der Waals surface area contributed by atoms with Gasteiger partial charge in [-0.1, -0.05) is 56.1 Å². The SMILES string of the molecule is C[C@@H]1OC[C@H](Cc2ccc(Br)cc2)NC1=O.C[C@H]1CN[C@@H](Cc2ccc(Br)cc2)CO1. The summed E-state index contributed by atoms with van der Waals surface area (Å²) in [6, 6.07) is 17.1. The highest BCUT2D eigenvalue weighted by Crippen LogP contribution is 2.14. The number of carbonyl (C=O) groups is 1. The Morgan fingerprint density at radius 3 is 1.84 bits per heavy atom. The van der Waals surface area contributed by atoms with E-state index < -0.39 is 0 Å². The van der Waals surface area contributed by atoms with E-state index in [0.29, 0.717) is 18.8 Å². The molecule has 7 heteroatoms. The van der Waals surface area contributed by atoms with Crippen LogP contribution in [0.1, 0.15) is 25.0 Å². The second kappa shape index (κ2) is 12.1. The smallest absolute Gasteiger partial charge is 0.249 e. The van der Waals surface area contributed by atoms with Gasteiger partial charge in [0.2, 0.25) is 5.91 Å². The van der Waals surface area contributed by atoms with Crippen molar-refractivity contribution < 1.29 is 14.3 Å². The molecule has 0 saturated carbocycles. The topological polar surface area (TPSA) is 59.6 Å². The van der Waals surface area contributed by atoms with Gasteiger partial charge in [0.1, 0.15) is 6.10 Å². The zero-order chi connectivity index (χ0) is 22.2. The van der Waals surface area contributed by atoms with E-state index in [9.17, 15) is 4.79 Å². The molecule has 5 nitrogen and oxygen atoms in total. The number of benzene rings is 2. The molecule has 31 heavy (non-hydrogen) atoms. The Hall–Kier alpha value is -1.25. The molecule has 0 bridgehead atoms. The highest BCUT2D eigenvalue weighted by Gasteiger charge is 2.25. The predicted octanol–water partition coefficient (Wildman–Crippen LogP) is 4.26. The first-order chi connectivity index (χ1) is 14.9. The molecule has 2 N–H and O–H groups in total. The summed E-state index contributed by atoms with van der Waals surface area (Å²) < 4.78 is 13.2. The van der Waals surface area contributed by atoms with Gasteiger partial charge in [-0.2, -0.15) is 0 Å². The molecule has 4 rings (SSSR count). The molecule has 2 aromatic rings. The van der Waals surface area contributed by atoms with E-state index in [4.69, 9.17) is 9.47 Å². The Balaban J connectivity index is 0.000000176. The maximum Gasteiger partial charge on any atom is 0.249 e. The van der Waals surface area contributed by atoms with Crippen LogP contribution in [-0.2, 0) is 27.1 Å². The van der Waals surface area contributed by atoms with Crippen LogP contribution in [0.3, 0.4) is 0 Å². The summed E-state index contributed by atoms with van der Waals surface area (Å²) in [4.78, 5) is 11.4. The van der Waals surface area contributed by atoms with Crippen molar-refractivity contribution in [1.82, 2.24) is 10.6 Å². The fourth-order valence-corrected chi connectivity index (χ4v) is 4.01. The molecule has 1 amide bonds. The number of rotatable bonds is 4. The minimum Gasteiger partial charge on any atom is -0.376 e. The first-order valence-corrected chi connectivity index (χ1v) is 12.2. The maximum absolute atomic E-state index is 11.4. The van der Waals surface area contributed by atoms with Crippen molar-refractivity contribution in [2.24, 2.45) is 0 Å². The highest BCUT2D eigenvalue weighted by molar-refractivity contribution is 9.10. The van der Waals surface area contributed by atoms with Crippen molar-refractivity contribution in [3.63, 3.8) is 0 Å². The largest absolute Gasteiger partial charge is 0.376 e. The fraction of sp³-hybridized carbons (Fsp3) is 0.458. The highest BCUT2D eigenvalue weighted by atomic mass is 79.9. The molecule has 4 atom stereocenters. The molecule has 2 aliphatic heterocycles. The Morgan fingerprint density at radius 2 is 1.35 bits per heavy atom. The van der Waals surface area contributed by atoms with Crippen LogP contribution in [0.15, 0.2) is 57.5 Å². The lowest BCUT2D eigenvalue weighted by molar-refractivity contribution is -0.139. The van der Waals surface area contributed by atoms with Gasteiger partial charge in [-0.25, -0.2) is 0 Å². The van der Waals surface area contributed by atoms with Crippen molar-refractivity contribution in [2.75, 3.05) is 19.8 Å². The van der Waals surface area contributed by atoms with Crippen LogP contribution >= 0.6 is 31.9 Å². The number of hydrogen-bond acceptors (Lipinski definition) is 4. The first kappa shape index (κ1) is 24.4. The molecule has 2 heterocycles. The van der Waals surface area contributed by atoms with Gasteiger partial charge in [-0.3, -0.25) is 4.79 Å². The van der Waals surface area contributed by atoms with Crippen molar-refractivity contribution in [3.05, 3.63) is 68.6 Å². The van der Waals surface area contributed by atoms with Crippen molar-refractivity contribution >= 4 is 37.8 Å². The lowest BCUT2D eigenvalue weighted by atomic mass is 10.1. The average molecular weight is 554 g/mol. The lowest BCUT2D eigenvalue weighted by Crippen LogP contribution is -2.50. The molecule has 0 aromatic heterocycles. The number of amides is 1. The molecule has 2 fully saturated rings. The van der Waals surface area contributed by atoms with Crippen molar-refractivity contribution in [1.29, 1.82) is 0 Å². The van der Waals surface area contributed by atoms with Crippen LogP contribution in [0, 0.1) is 0 Å². The monoisotopic (exact) mass is 552 g/mol. The van der Waals surface area contributed by atoms with E-state index in [2.05, 4.69) is 73.7 Å². The normalized spacial score (nSPS) is 25.9. The molecule has 0 aliphatic carbocycles. The van der Waals surface area contributed by atoms with Crippen molar-refractivity contribution in [2.45, 2.75) is 51.0 Å². The fourth-order valence-electron chi connectivity index (χ4n) is 3.48. The van der Waals surface area contributed by atoms with Crippen LogP contribution in [-0.4, -0.2) is 50.0 Å². The summed E-state index contributed by atoms with van der Waals surface area (Å²) in [5.74, 6) is -0.0200. The Kier molecular flexibility index (Phi) is 9.53. The second-order valence-corrected chi connectivity index (χ2v) is 9.92. The summed E-state index contributed by atoms with van der Waals surface area (Å²) in [5, 5.41) is 6.45. The van der Waals surface area contributed by atoms with Gasteiger partial charge in [0.05, 0.1) is 25.4 Å². The van der Waals surface area contributed by atoms with Crippen LogP contribution < -0.4 is 10.6 Å². The summed E-state index contributed by atoms with van der Waals surface area (Å²) in [6.07, 6.45) is 1.89.